The second kappa shape index (κ2) is 48.1. The first-order chi connectivity index (χ1) is 49.4. The number of benzene rings is 2. The fourth-order valence-electron chi connectivity index (χ4n) is 9.84. The highest BCUT2D eigenvalue weighted by Crippen LogP contribution is 2.24. The molecule has 0 unspecified atom stereocenters. The fraction of sp³-hybridized carbons (Fsp3) is 0.562. The van der Waals surface area contributed by atoms with Gasteiger partial charge < -0.3 is 120 Å². The summed E-state index contributed by atoms with van der Waals surface area (Å²) >= 11 is 0. The van der Waals surface area contributed by atoms with Crippen LogP contribution in [0.4, 0.5) is 0 Å². The van der Waals surface area contributed by atoms with E-state index in [1.807, 2.05) is 6.07 Å². The first-order valence-electron chi connectivity index (χ1n) is 33.8. The van der Waals surface area contributed by atoms with Crippen molar-refractivity contribution >= 4 is 116 Å². The van der Waals surface area contributed by atoms with Gasteiger partial charge in [0.1, 0.15) is 60.4 Å². The van der Waals surface area contributed by atoms with Crippen molar-refractivity contribution < 1.29 is 72.2 Å². The van der Waals surface area contributed by atoms with Gasteiger partial charge in [-0.15, -0.1) is 0 Å². The molecule has 0 bridgehead atoms. The molecule has 2 aromatic rings. The summed E-state index contributed by atoms with van der Waals surface area (Å²) in [6.07, 6.45) is 0.0338. The van der Waals surface area contributed by atoms with Crippen LogP contribution in [0.3, 0.4) is 0 Å². The number of rotatable bonds is 40. The minimum atomic E-state index is -1.73. The van der Waals surface area contributed by atoms with Crippen LogP contribution in [0.25, 0.3) is 0 Å². The van der Waals surface area contributed by atoms with Gasteiger partial charge in [-0.2, -0.15) is 0 Å². The number of carbonyl (C=O) groups excluding carboxylic acids is 14. The third-order valence-electron chi connectivity index (χ3n) is 15.6. The maximum atomic E-state index is 14.5. The predicted molar refractivity (Wildman–Crippen MR) is 389 cm³/mol. The van der Waals surface area contributed by atoms with Gasteiger partial charge >= 0.3 is 0 Å². The molecule has 0 spiro atoms. The van der Waals surface area contributed by atoms with Crippen LogP contribution >= 0.6 is 21.6 Å². The van der Waals surface area contributed by atoms with Crippen LogP contribution < -0.4 is 115 Å². The summed E-state index contributed by atoms with van der Waals surface area (Å²) in [6.45, 7) is 2.25. The summed E-state index contributed by atoms with van der Waals surface area (Å²) < 4.78 is 0. The summed E-state index contributed by atoms with van der Waals surface area (Å²) in [6, 6.07) is 2.29. The topological polar surface area (TPSA) is 648 Å². The summed E-state index contributed by atoms with van der Waals surface area (Å²) in [5.41, 5.74) is 46.6. The minimum absolute atomic E-state index is 0.0288. The number of nitrogens with zero attached hydrogens (tertiary/aromatic N) is 2. The number of guanidine groups is 2. The molecule has 1 fully saturated rings. The average Bonchev–Trinajstić information content (AvgIpc) is 1.00. The lowest BCUT2D eigenvalue weighted by atomic mass is 10.0. The molecule has 1 aliphatic heterocycles. The first-order valence-corrected chi connectivity index (χ1v) is 36.3. The zero-order valence-electron chi connectivity index (χ0n) is 58.5. The largest absolute Gasteiger partial charge is 0.391 e. The highest BCUT2D eigenvalue weighted by Gasteiger charge is 2.36. The van der Waals surface area contributed by atoms with Crippen LogP contribution in [0.5, 0.6) is 0 Å². The number of primary amides is 1. The van der Waals surface area contributed by atoms with Crippen molar-refractivity contribution in [1.29, 1.82) is 0 Å². The van der Waals surface area contributed by atoms with Gasteiger partial charge in [0.15, 0.2) is 11.9 Å². The highest BCUT2D eigenvalue weighted by atomic mass is 33.1. The lowest BCUT2D eigenvalue weighted by molar-refractivity contribution is -0.135. The molecule has 1 aliphatic rings. The van der Waals surface area contributed by atoms with Crippen molar-refractivity contribution in [2.45, 2.75) is 170 Å². The first kappa shape index (κ1) is 88.3. The van der Waals surface area contributed by atoms with Gasteiger partial charge in [-0.25, -0.2) is 0 Å². The second-order valence-electron chi connectivity index (χ2n) is 24.4. The van der Waals surface area contributed by atoms with E-state index < -0.39 is 175 Å². The molecule has 0 radical (unpaired) electrons. The Morgan fingerprint density at radius 1 is 0.519 bits per heavy atom. The van der Waals surface area contributed by atoms with Crippen molar-refractivity contribution in [3.8, 4) is 0 Å². The molecule has 40 heteroatoms. The fourth-order valence-corrected chi connectivity index (χ4v) is 12.2. The molecule has 14 amide bonds. The Bertz CT molecular complexity index is 3240. The SMILES string of the molecule is C[C@H](NC(=O)CNC(=O)[C@@H](NC(=O)[C@H](Cc1ccccc1)NC(=O)CNC(=O)CNC(=O)[C@@H](N)Cc1ccccc1)[C@@H](C)O)C(=O)N[C@@H](CCCN=C(N)N)C(=O)N[C@@H](CCCCN)C(=O)N[C@H]1CSSC[C@@H](C(N)=O)NC(=O)[C@H](CCCCN)NC(=O)[C@H](CCCN=C(N)N)NC(=O)[C@H](C)NC1=O. The van der Waals surface area contributed by atoms with Crippen molar-refractivity contribution in [3.05, 3.63) is 71.8 Å². The number of nitrogens with one attached hydrogen (secondary N) is 13. The Kier molecular flexibility index (Phi) is 40.9. The second-order valence-corrected chi connectivity index (χ2v) is 26.9. The van der Waals surface area contributed by atoms with E-state index in [0.29, 0.717) is 24.8 Å². The molecule has 3 rings (SSSR count). The van der Waals surface area contributed by atoms with E-state index in [-0.39, 0.29) is 107 Å². The Labute approximate surface area is 610 Å². The molecular formula is C64H103N23O15S2. The molecule has 0 saturated carbocycles. The molecule has 2 aromatic carbocycles. The van der Waals surface area contributed by atoms with Gasteiger partial charge in [0.05, 0.1) is 31.8 Å². The van der Waals surface area contributed by atoms with Gasteiger partial charge in [-0.3, -0.25) is 77.1 Å². The zero-order valence-corrected chi connectivity index (χ0v) is 60.2. The van der Waals surface area contributed by atoms with Crippen LogP contribution in [0.2, 0.25) is 0 Å². The van der Waals surface area contributed by atoms with Gasteiger partial charge in [-0.1, -0.05) is 82.3 Å². The molecule has 104 heavy (non-hydrogen) atoms. The molecule has 576 valence electrons. The summed E-state index contributed by atoms with van der Waals surface area (Å²) in [5, 5.41) is 43.2. The van der Waals surface area contributed by atoms with Gasteiger partial charge in [0.2, 0.25) is 82.7 Å². The Morgan fingerprint density at radius 2 is 1.02 bits per heavy atom. The number of unbranched alkanes of at least 4 members (excludes halogenated alkanes) is 2. The van der Waals surface area contributed by atoms with Crippen molar-refractivity contribution in [2.24, 2.45) is 55.9 Å². The lowest BCUT2D eigenvalue weighted by Crippen LogP contribution is -2.60. The van der Waals surface area contributed by atoms with E-state index in [9.17, 15) is 72.2 Å². The molecule has 38 nitrogen and oxygen atoms in total. The van der Waals surface area contributed by atoms with E-state index >= 15 is 0 Å². The van der Waals surface area contributed by atoms with Crippen molar-refractivity contribution in [1.82, 2.24) is 69.1 Å². The number of aliphatic imine (C=N–C) groups is 2. The quantitative estimate of drug-likeness (QED) is 0.0128. The summed E-state index contributed by atoms with van der Waals surface area (Å²) in [7, 11) is 1.97. The van der Waals surface area contributed by atoms with Crippen LogP contribution in [-0.4, -0.2) is 230 Å². The molecule has 0 aliphatic carbocycles. The van der Waals surface area contributed by atoms with Crippen molar-refractivity contribution in [2.75, 3.05) is 57.3 Å². The van der Waals surface area contributed by atoms with Crippen molar-refractivity contribution in [3.63, 3.8) is 0 Å². The average molecular weight is 1500 g/mol. The molecule has 0 aromatic heterocycles. The number of carbonyl (C=O) groups is 14. The monoisotopic (exact) mass is 1500 g/mol. The summed E-state index contributed by atoms with van der Waals surface area (Å²) in [5.74, 6) is -13.1. The maximum absolute atomic E-state index is 14.5. The standard InChI is InChI=1S/C64H103N23O15S2/c1-35(78-49(90)32-77-62(102)51(37(3)88)87-60(100)45(29-39-18-8-5-9-19-39)80-50(91)31-75-48(89)30-76-55(95)40(67)28-38-16-6-4-7-17-38)53(93)81-43(22-14-26-73-63(69)70)56(96)84-42(21-11-13-25-66)59(99)86-47-34-104-103-33-46(52(68)92)85-58(98)41(20-10-12-24-65)83-57(97)44(23-15-27-74-64(71)72)82-54(94)36(2)79-61(47)101/h4-9,16-19,35-37,40-47,51,88H,10-15,20-34,65-67H2,1-3H3,(H2,68,92)(H,75,89)(H,76,95)(H,77,102)(H,78,90)(H,79,101)(H,80,91)(H,81,93)(H,82,94)(H,83,97)(H,84,96)(H,85,98)(H,86,99)(H,87,100)(H4,69,70,73)(H4,71,72,74)/t35-,36-,37+,40-,41-,42-,43-,44-,45-,46-,47-,51-/m0/s1. The van der Waals surface area contributed by atoms with E-state index in [4.69, 9.17) is 45.9 Å². The number of aliphatic hydroxyl groups excluding tert-OH is 1. The molecule has 1 saturated heterocycles. The number of hydrogen-bond donors (Lipinski definition) is 22. The number of nitrogens with two attached hydrogens (primary N) is 8. The molecule has 12 atom stereocenters. The minimum Gasteiger partial charge on any atom is -0.391 e. The van der Waals surface area contributed by atoms with E-state index in [2.05, 4.69) is 79.1 Å². The normalized spacial score (nSPS) is 18.5. The lowest BCUT2D eigenvalue weighted by Gasteiger charge is -2.27. The van der Waals surface area contributed by atoms with Crippen LogP contribution in [0.15, 0.2) is 70.6 Å². The Balaban J connectivity index is 1.78. The van der Waals surface area contributed by atoms with Crippen LogP contribution in [0, 0.1) is 0 Å². The van der Waals surface area contributed by atoms with E-state index in [1.165, 1.54) is 20.8 Å². The predicted octanol–water partition coefficient (Wildman–Crippen LogP) is -8.34. The number of amides is 14. The van der Waals surface area contributed by atoms with E-state index in [0.717, 1.165) is 27.2 Å². The third-order valence-corrected chi connectivity index (χ3v) is 18.0. The van der Waals surface area contributed by atoms with Gasteiger partial charge in [0.25, 0.3) is 0 Å². The van der Waals surface area contributed by atoms with Gasteiger partial charge in [0, 0.05) is 31.0 Å². The molecular weight excluding hydrogens is 1390 g/mol. The number of hydrogen-bond acceptors (Lipinski definition) is 22. The molecule has 1 heterocycles. The maximum Gasteiger partial charge on any atom is 0.245 e. The Morgan fingerprint density at radius 3 is 1.62 bits per heavy atom. The molecule has 30 N–H and O–H groups in total. The van der Waals surface area contributed by atoms with Gasteiger partial charge in [-0.05, 0) is 116 Å². The van der Waals surface area contributed by atoms with Crippen LogP contribution in [0.1, 0.15) is 96.1 Å². The number of aliphatic hydroxyl groups is 1. The Hall–Kier alpha value is -9.90. The zero-order chi connectivity index (χ0) is 77.3. The van der Waals surface area contributed by atoms with E-state index in [1.54, 1.807) is 54.6 Å². The smallest absolute Gasteiger partial charge is 0.245 e. The van der Waals surface area contributed by atoms with Crippen LogP contribution in [-0.2, 0) is 80.0 Å². The highest BCUT2D eigenvalue weighted by molar-refractivity contribution is 8.76. The summed E-state index contributed by atoms with van der Waals surface area (Å²) in [4.78, 5) is 198. The third kappa shape index (κ3) is 34.8.